The third-order valence-corrected chi connectivity index (χ3v) is 4.99. The van der Waals surface area contributed by atoms with Gasteiger partial charge >= 0.3 is 0 Å². The highest BCUT2D eigenvalue weighted by molar-refractivity contribution is 7.17. The molecule has 3 nitrogen and oxygen atoms in total. The quantitative estimate of drug-likeness (QED) is 0.940. The van der Waals surface area contributed by atoms with E-state index in [1.165, 1.54) is 15.6 Å². The van der Waals surface area contributed by atoms with Crippen molar-refractivity contribution in [2.45, 2.75) is 25.3 Å². The van der Waals surface area contributed by atoms with Gasteiger partial charge in [-0.2, -0.15) is 0 Å². The SMILES string of the molecule is NC1CCN(CC(=O)Cc2csc3ccccc23)CC1. The standard InChI is InChI=1S/C16H20N2OS/c17-13-5-7-18(8-6-13)10-14(19)9-12-11-20-16-4-2-1-3-15(12)16/h1-4,11,13H,5-10,17H2. The number of Topliss-reactive ketones (excluding diaryl/α,β-unsaturated/α-hetero) is 1. The molecule has 1 aromatic carbocycles. The van der Waals surface area contributed by atoms with Gasteiger partial charge in [-0.25, -0.2) is 0 Å². The number of thiophene rings is 1. The van der Waals surface area contributed by atoms with E-state index >= 15 is 0 Å². The molecular formula is C16H20N2OS. The van der Waals surface area contributed by atoms with Crippen molar-refractivity contribution in [3.8, 4) is 0 Å². The second kappa shape index (κ2) is 6.04. The van der Waals surface area contributed by atoms with Gasteiger partial charge in [0.15, 0.2) is 5.78 Å². The molecule has 0 atom stereocenters. The van der Waals surface area contributed by atoms with Crippen LogP contribution in [0.25, 0.3) is 10.1 Å². The number of ketones is 1. The molecule has 1 aliphatic heterocycles. The molecule has 0 amide bonds. The summed E-state index contributed by atoms with van der Waals surface area (Å²) in [5.41, 5.74) is 7.06. The van der Waals surface area contributed by atoms with Crippen LogP contribution in [-0.2, 0) is 11.2 Å². The molecule has 2 aromatic rings. The van der Waals surface area contributed by atoms with E-state index in [0.717, 1.165) is 25.9 Å². The summed E-state index contributed by atoms with van der Waals surface area (Å²) in [7, 11) is 0. The lowest BCUT2D eigenvalue weighted by molar-refractivity contribution is -0.119. The summed E-state index contributed by atoms with van der Waals surface area (Å²) >= 11 is 1.72. The number of nitrogens with zero attached hydrogens (tertiary/aromatic N) is 1. The Labute approximate surface area is 123 Å². The lowest BCUT2D eigenvalue weighted by Crippen LogP contribution is -2.42. The number of benzene rings is 1. The molecule has 0 bridgehead atoms. The van der Waals surface area contributed by atoms with Crippen LogP contribution in [0.3, 0.4) is 0 Å². The summed E-state index contributed by atoms with van der Waals surface area (Å²) in [6.45, 7) is 2.48. The summed E-state index contributed by atoms with van der Waals surface area (Å²) in [5.74, 6) is 0.309. The molecule has 1 aromatic heterocycles. The van der Waals surface area contributed by atoms with Crippen molar-refractivity contribution in [3.05, 3.63) is 35.2 Å². The van der Waals surface area contributed by atoms with E-state index in [9.17, 15) is 4.79 Å². The zero-order valence-electron chi connectivity index (χ0n) is 11.5. The van der Waals surface area contributed by atoms with Crippen molar-refractivity contribution in [2.75, 3.05) is 19.6 Å². The predicted molar refractivity (Wildman–Crippen MR) is 84.2 cm³/mol. The number of piperidine rings is 1. The zero-order valence-corrected chi connectivity index (χ0v) is 12.4. The van der Waals surface area contributed by atoms with Gasteiger partial charge in [0.2, 0.25) is 0 Å². The normalized spacial score (nSPS) is 17.6. The van der Waals surface area contributed by atoms with E-state index in [-0.39, 0.29) is 0 Å². The lowest BCUT2D eigenvalue weighted by atomic mass is 10.0. The van der Waals surface area contributed by atoms with Gasteiger partial charge in [0.1, 0.15) is 0 Å². The maximum Gasteiger partial charge on any atom is 0.151 e. The Morgan fingerprint density at radius 2 is 2.05 bits per heavy atom. The highest BCUT2D eigenvalue weighted by Crippen LogP contribution is 2.26. The Hall–Kier alpha value is -1.23. The second-order valence-corrected chi connectivity index (χ2v) is 6.50. The number of fused-ring (bicyclic) bond motifs is 1. The fourth-order valence-corrected chi connectivity index (χ4v) is 3.76. The van der Waals surface area contributed by atoms with Gasteiger partial charge in [-0.15, -0.1) is 11.3 Å². The van der Waals surface area contributed by atoms with Gasteiger partial charge in [0.05, 0.1) is 6.54 Å². The molecule has 3 rings (SSSR count). The average molecular weight is 288 g/mol. The van der Waals surface area contributed by atoms with Gasteiger partial charge in [-0.3, -0.25) is 9.69 Å². The third-order valence-electron chi connectivity index (χ3n) is 3.98. The van der Waals surface area contributed by atoms with Crippen LogP contribution in [0.15, 0.2) is 29.6 Å². The maximum atomic E-state index is 12.2. The first kappa shape index (κ1) is 13.7. The summed E-state index contributed by atoms with van der Waals surface area (Å²) in [6.07, 6.45) is 2.57. The van der Waals surface area contributed by atoms with E-state index in [1.807, 2.05) is 12.1 Å². The molecule has 106 valence electrons. The first-order valence-corrected chi connectivity index (χ1v) is 8.05. The number of rotatable bonds is 4. The van der Waals surface area contributed by atoms with Crippen molar-refractivity contribution in [2.24, 2.45) is 5.73 Å². The van der Waals surface area contributed by atoms with Crippen LogP contribution < -0.4 is 5.73 Å². The first-order valence-electron chi connectivity index (χ1n) is 7.17. The highest BCUT2D eigenvalue weighted by Gasteiger charge is 2.18. The molecule has 20 heavy (non-hydrogen) atoms. The van der Waals surface area contributed by atoms with E-state index in [2.05, 4.69) is 22.4 Å². The number of nitrogens with two attached hydrogens (primary N) is 1. The summed E-state index contributed by atoms with van der Waals surface area (Å²) < 4.78 is 1.26. The Balaban J connectivity index is 1.61. The van der Waals surface area contributed by atoms with E-state index in [1.54, 1.807) is 11.3 Å². The Kier molecular flexibility index (Phi) is 4.15. The summed E-state index contributed by atoms with van der Waals surface area (Å²) in [5, 5.41) is 3.35. The average Bonchev–Trinajstić information content (AvgIpc) is 2.85. The molecule has 2 N–H and O–H groups in total. The van der Waals surface area contributed by atoms with Crippen LogP contribution in [0.2, 0.25) is 0 Å². The Morgan fingerprint density at radius 1 is 1.30 bits per heavy atom. The molecule has 4 heteroatoms. The number of carbonyl (C=O) groups excluding carboxylic acids is 1. The fraction of sp³-hybridized carbons (Fsp3) is 0.438. The molecule has 0 unspecified atom stereocenters. The molecule has 0 spiro atoms. The van der Waals surface area contributed by atoms with E-state index < -0.39 is 0 Å². The first-order chi connectivity index (χ1) is 9.72. The minimum absolute atomic E-state index is 0.309. The number of hydrogen-bond acceptors (Lipinski definition) is 4. The summed E-state index contributed by atoms with van der Waals surface area (Å²) in [6, 6.07) is 8.62. The fourth-order valence-electron chi connectivity index (χ4n) is 2.80. The van der Waals surface area contributed by atoms with Crippen LogP contribution in [0, 0.1) is 0 Å². The van der Waals surface area contributed by atoms with Crippen molar-refractivity contribution in [1.82, 2.24) is 4.90 Å². The van der Waals surface area contributed by atoms with Crippen molar-refractivity contribution < 1.29 is 4.79 Å². The van der Waals surface area contributed by atoms with Crippen LogP contribution in [-0.4, -0.2) is 36.4 Å². The van der Waals surface area contributed by atoms with E-state index in [4.69, 9.17) is 5.73 Å². The number of carbonyl (C=O) groups is 1. The monoisotopic (exact) mass is 288 g/mol. The Bertz CT molecular complexity index is 599. The molecule has 0 aliphatic carbocycles. The molecule has 1 fully saturated rings. The molecule has 1 saturated heterocycles. The Morgan fingerprint density at radius 3 is 2.85 bits per heavy atom. The molecule has 2 heterocycles. The third kappa shape index (κ3) is 3.08. The molecular weight excluding hydrogens is 268 g/mol. The lowest BCUT2D eigenvalue weighted by Gasteiger charge is -2.29. The van der Waals surface area contributed by atoms with Crippen molar-refractivity contribution in [1.29, 1.82) is 0 Å². The van der Waals surface area contributed by atoms with Gasteiger partial charge in [-0.1, -0.05) is 18.2 Å². The zero-order chi connectivity index (χ0) is 13.9. The topological polar surface area (TPSA) is 46.3 Å². The van der Waals surface area contributed by atoms with Crippen LogP contribution in [0.4, 0.5) is 0 Å². The van der Waals surface area contributed by atoms with Crippen molar-refractivity contribution in [3.63, 3.8) is 0 Å². The summed E-state index contributed by atoms with van der Waals surface area (Å²) in [4.78, 5) is 14.5. The maximum absolute atomic E-state index is 12.2. The smallest absolute Gasteiger partial charge is 0.151 e. The predicted octanol–water partition coefficient (Wildman–Crippen LogP) is 2.44. The van der Waals surface area contributed by atoms with Crippen LogP contribution >= 0.6 is 11.3 Å². The van der Waals surface area contributed by atoms with Crippen LogP contribution in [0.5, 0.6) is 0 Å². The molecule has 0 saturated carbocycles. The van der Waals surface area contributed by atoms with Gasteiger partial charge in [0.25, 0.3) is 0 Å². The largest absolute Gasteiger partial charge is 0.328 e. The van der Waals surface area contributed by atoms with Crippen LogP contribution in [0.1, 0.15) is 18.4 Å². The number of likely N-dealkylation sites (tertiary alicyclic amines) is 1. The minimum atomic E-state index is 0.309. The van der Waals surface area contributed by atoms with E-state index in [0.29, 0.717) is 24.8 Å². The number of hydrogen-bond donors (Lipinski definition) is 1. The molecule has 0 radical (unpaired) electrons. The van der Waals surface area contributed by atoms with Gasteiger partial charge < -0.3 is 5.73 Å². The minimum Gasteiger partial charge on any atom is -0.328 e. The van der Waals surface area contributed by atoms with Gasteiger partial charge in [0, 0.05) is 30.3 Å². The van der Waals surface area contributed by atoms with Gasteiger partial charge in [-0.05, 0) is 35.2 Å². The highest BCUT2D eigenvalue weighted by atomic mass is 32.1. The van der Waals surface area contributed by atoms with Crippen molar-refractivity contribution >= 4 is 27.2 Å². The molecule has 1 aliphatic rings. The second-order valence-electron chi connectivity index (χ2n) is 5.59.